The first-order valence-electron chi connectivity index (χ1n) is 5.57. The van der Waals surface area contributed by atoms with Crippen LogP contribution >= 0.6 is 0 Å². The highest BCUT2D eigenvalue weighted by Gasteiger charge is 2.40. The number of hydrogen-bond acceptors (Lipinski definition) is 1. The molecule has 0 bridgehead atoms. The zero-order valence-electron chi connectivity index (χ0n) is 9.24. The van der Waals surface area contributed by atoms with E-state index in [0.29, 0.717) is 0 Å². The van der Waals surface area contributed by atoms with Crippen molar-refractivity contribution in [3.63, 3.8) is 0 Å². The minimum absolute atomic E-state index is 0.265. The van der Waals surface area contributed by atoms with E-state index in [-0.39, 0.29) is 5.92 Å². The second-order valence-corrected chi connectivity index (χ2v) is 4.65. The smallest absolute Gasteiger partial charge is 0.103 e. The summed E-state index contributed by atoms with van der Waals surface area (Å²) in [5.74, 6) is 0.265. The molecule has 2 N–H and O–H groups in total. The summed E-state index contributed by atoms with van der Waals surface area (Å²) in [6.07, 6.45) is 0.803. The molecular formula is C13H19NO. The van der Waals surface area contributed by atoms with Crippen LogP contribution in [0.15, 0.2) is 30.3 Å². The lowest BCUT2D eigenvalue weighted by molar-refractivity contribution is -0.867. The predicted molar refractivity (Wildman–Crippen MR) is 60.2 cm³/mol. The van der Waals surface area contributed by atoms with Gasteiger partial charge < -0.3 is 10.0 Å². The zero-order valence-corrected chi connectivity index (χ0v) is 9.24. The van der Waals surface area contributed by atoms with Crippen LogP contribution in [-0.4, -0.2) is 18.2 Å². The van der Waals surface area contributed by atoms with Crippen LogP contribution in [0.3, 0.4) is 0 Å². The highest BCUT2D eigenvalue weighted by atomic mass is 16.3. The molecule has 3 atom stereocenters. The minimum atomic E-state index is -0.650. The first-order valence-corrected chi connectivity index (χ1v) is 5.57. The summed E-state index contributed by atoms with van der Waals surface area (Å²) in [5.41, 5.74) is 0.396. The van der Waals surface area contributed by atoms with Gasteiger partial charge in [0.1, 0.15) is 5.60 Å². The average Bonchev–Trinajstić information content (AvgIpc) is 2.25. The molecule has 1 aliphatic rings. The van der Waals surface area contributed by atoms with Gasteiger partial charge >= 0.3 is 0 Å². The van der Waals surface area contributed by atoms with Crippen molar-refractivity contribution in [2.45, 2.75) is 18.9 Å². The van der Waals surface area contributed by atoms with Gasteiger partial charge in [-0.15, -0.1) is 0 Å². The number of nitrogens with one attached hydrogen (secondary N) is 1. The van der Waals surface area contributed by atoms with E-state index in [1.165, 1.54) is 4.90 Å². The summed E-state index contributed by atoms with van der Waals surface area (Å²) in [6.45, 7) is 3.98. The van der Waals surface area contributed by atoms with E-state index in [4.69, 9.17) is 0 Å². The second kappa shape index (κ2) is 3.95. The first kappa shape index (κ1) is 10.7. The van der Waals surface area contributed by atoms with Crippen molar-refractivity contribution in [3.05, 3.63) is 42.9 Å². The predicted octanol–water partition coefficient (Wildman–Crippen LogP) is 0.590. The number of benzene rings is 1. The van der Waals surface area contributed by atoms with E-state index in [0.717, 1.165) is 25.1 Å². The van der Waals surface area contributed by atoms with Gasteiger partial charge in [-0.25, -0.2) is 0 Å². The summed E-state index contributed by atoms with van der Waals surface area (Å²) in [5, 5.41) is 10.7. The van der Waals surface area contributed by atoms with Gasteiger partial charge in [-0.2, -0.15) is 7.05 Å². The fourth-order valence-corrected chi connectivity index (χ4v) is 2.47. The fraction of sp³-hybridized carbons (Fsp3) is 0.462. The molecule has 1 aromatic carbocycles. The molecule has 1 heterocycles. The van der Waals surface area contributed by atoms with Gasteiger partial charge in [0, 0.05) is 12.3 Å². The van der Waals surface area contributed by atoms with Crippen molar-refractivity contribution >= 4 is 0 Å². The van der Waals surface area contributed by atoms with Crippen LogP contribution in [0, 0.1) is 13.0 Å². The number of piperidine rings is 1. The Morgan fingerprint density at radius 2 is 2.07 bits per heavy atom. The second-order valence-electron chi connectivity index (χ2n) is 4.65. The van der Waals surface area contributed by atoms with Crippen molar-refractivity contribution < 1.29 is 10.0 Å². The molecule has 15 heavy (non-hydrogen) atoms. The lowest BCUT2D eigenvalue weighted by Gasteiger charge is -2.42. The van der Waals surface area contributed by atoms with Crippen LogP contribution in [0.2, 0.25) is 0 Å². The Balaban J connectivity index is 2.27. The number of quaternary nitrogens is 1. The number of rotatable bonds is 1. The van der Waals surface area contributed by atoms with Gasteiger partial charge in [0.2, 0.25) is 0 Å². The summed E-state index contributed by atoms with van der Waals surface area (Å²) in [6, 6.07) is 10.0. The third-order valence-corrected chi connectivity index (χ3v) is 3.54. The lowest BCUT2D eigenvalue weighted by atomic mass is 9.77. The largest absolute Gasteiger partial charge is 0.467 e. The van der Waals surface area contributed by atoms with E-state index in [2.05, 4.69) is 14.0 Å². The summed E-state index contributed by atoms with van der Waals surface area (Å²) >= 11 is 0. The Hall–Kier alpha value is -0.860. The molecule has 0 saturated carbocycles. The topological polar surface area (TPSA) is 24.7 Å². The number of likely N-dealkylation sites (tertiary alicyclic amines) is 1. The zero-order chi connectivity index (χ0) is 10.9. The molecule has 0 aromatic heterocycles. The molecule has 1 aliphatic heterocycles. The lowest BCUT2D eigenvalue weighted by Crippen LogP contribution is -3.09. The minimum Gasteiger partial charge on any atom is -0.467 e. The van der Waals surface area contributed by atoms with E-state index in [1.807, 2.05) is 30.3 Å². The monoisotopic (exact) mass is 205 g/mol. The van der Waals surface area contributed by atoms with Crippen LogP contribution in [-0.2, 0) is 5.60 Å². The first-order chi connectivity index (χ1) is 7.13. The number of aliphatic hydroxyl groups is 1. The number of hydrogen-bond donors (Lipinski definition) is 2. The van der Waals surface area contributed by atoms with Crippen LogP contribution in [0.1, 0.15) is 18.9 Å². The summed E-state index contributed by atoms with van der Waals surface area (Å²) < 4.78 is 0. The van der Waals surface area contributed by atoms with Crippen molar-refractivity contribution in [3.8, 4) is 0 Å². The van der Waals surface area contributed by atoms with Gasteiger partial charge in [-0.1, -0.05) is 37.3 Å². The maximum atomic E-state index is 10.7. The standard InChI is InChI=1S/C13H19NO/c1-11-10-14(2)9-8-13(11,15)12-6-4-3-5-7-12/h3-7,11,14-15H,2,8-10H2,1H3/t11-,13+/m0/s1. The van der Waals surface area contributed by atoms with Crippen molar-refractivity contribution in [2.24, 2.45) is 5.92 Å². The van der Waals surface area contributed by atoms with Crippen molar-refractivity contribution in [1.29, 1.82) is 0 Å². The molecule has 1 aromatic rings. The Morgan fingerprint density at radius 3 is 2.67 bits per heavy atom. The molecule has 1 unspecified atom stereocenters. The molecule has 0 radical (unpaired) electrons. The molecular weight excluding hydrogens is 186 g/mol. The molecule has 1 fully saturated rings. The van der Waals surface area contributed by atoms with E-state index in [1.54, 1.807) is 0 Å². The molecule has 0 amide bonds. The molecule has 1 saturated heterocycles. The van der Waals surface area contributed by atoms with Gasteiger partial charge in [0.05, 0.1) is 13.1 Å². The summed E-state index contributed by atoms with van der Waals surface area (Å²) in [7, 11) is 4.01. The van der Waals surface area contributed by atoms with Crippen LogP contribution in [0.5, 0.6) is 0 Å². The van der Waals surface area contributed by atoms with Gasteiger partial charge in [-0.3, -0.25) is 0 Å². The van der Waals surface area contributed by atoms with Crippen molar-refractivity contribution in [1.82, 2.24) is 0 Å². The highest BCUT2D eigenvalue weighted by molar-refractivity contribution is 5.23. The maximum absolute atomic E-state index is 10.7. The Kier molecular flexibility index (Phi) is 2.81. The Labute approximate surface area is 91.5 Å². The van der Waals surface area contributed by atoms with Crippen LogP contribution in [0.4, 0.5) is 0 Å². The third kappa shape index (κ3) is 1.92. The van der Waals surface area contributed by atoms with Crippen LogP contribution < -0.4 is 4.90 Å². The van der Waals surface area contributed by atoms with E-state index < -0.39 is 5.60 Å². The molecule has 2 rings (SSSR count). The maximum Gasteiger partial charge on any atom is 0.103 e. The highest BCUT2D eigenvalue weighted by Crippen LogP contribution is 2.33. The van der Waals surface area contributed by atoms with E-state index >= 15 is 0 Å². The Morgan fingerprint density at radius 1 is 1.40 bits per heavy atom. The van der Waals surface area contributed by atoms with Gasteiger partial charge in [0.15, 0.2) is 0 Å². The van der Waals surface area contributed by atoms with Crippen molar-refractivity contribution in [2.75, 3.05) is 13.1 Å². The normalized spacial score (nSPS) is 36.5. The average molecular weight is 205 g/mol. The molecule has 82 valence electrons. The Bertz CT molecular complexity index is 325. The quantitative estimate of drug-likeness (QED) is 0.644. The molecule has 0 aliphatic carbocycles. The third-order valence-electron chi connectivity index (χ3n) is 3.54. The SMILES string of the molecule is [CH2-][NH+]1CC[C@](O)(c2ccccc2)[C@@H](C)C1. The fourth-order valence-electron chi connectivity index (χ4n) is 2.47. The van der Waals surface area contributed by atoms with E-state index in [9.17, 15) is 5.11 Å². The van der Waals surface area contributed by atoms with Gasteiger partial charge in [0.25, 0.3) is 0 Å². The summed E-state index contributed by atoms with van der Waals surface area (Å²) in [4.78, 5) is 1.27. The van der Waals surface area contributed by atoms with Crippen LogP contribution in [0.25, 0.3) is 0 Å². The molecule has 2 nitrogen and oxygen atoms in total. The molecule has 2 heteroatoms. The van der Waals surface area contributed by atoms with Gasteiger partial charge in [-0.05, 0) is 5.56 Å². The molecule has 0 spiro atoms.